The number of nitrogens with zero attached hydrogens (tertiary/aromatic N) is 3. The molecular formula is C14H11N3O3S. The molecule has 1 aromatic heterocycles. The van der Waals surface area contributed by atoms with Gasteiger partial charge in [0.1, 0.15) is 11.1 Å². The fraction of sp³-hybridized carbons (Fsp3) is 0.286. The number of hydrogen-bond donors (Lipinski definition) is 0. The van der Waals surface area contributed by atoms with Crippen molar-refractivity contribution in [1.29, 1.82) is 5.26 Å². The first-order chi connectivity index (χ1) is 10.0. The Kier molecular flexibility index (Phi) is 3.11. The SMILES string of the molecule is CC(=O)N1CCc2c(sc(N3C(=O)C=CC3=O)c2C#N)C1. The van der Waals surface area contributed by atoms with Gasteiger partial charge in [-0.1, -0.05) is 0 Å². The summed E-state index contributed by atoms with van der Waals surface area (Å²) in [4.78, 5) is 38.6. The Bertz CT molecular complexity index is 723. The Labute approximate surface area is 124 Å². The highest BCUT2D eigenvalue weighted by molar-refractivity contribution is 7.17. The van der Waals surface area contributed by atoms with Gasteiger partial charge in [-0.3, -0.25) is 14.4 Å². The summed E-state index contributed by atoms with van der Waals surface area (Å²) in [6, 6.07) is 2.10. The monoisotopic (exact) mass is 301 g/mol. The summed E-state index contributed by atoms with van der Waals surface area (Å²) >= 11 is 1.24. The first kappa shape index (κ1) is 13.5. The highest BCUT2D eigenvalue weighted by Gasteiger charge is 2.33. The smallest absolute Gasteiger partial charge is 0.258 e. The van der Waals surface area contributed by atoms with Crippen LogP contribution in [0.1, 0.15) is 22.9 Å². The number of carbonyl (C=O) groups is 3. The fourth-order valence-corrected chi connectivity index (χ4v) is 3.85. The van der Waals surface area contributed by atoms with E-state index in [1.54, 1.807) is 4.90 Å². The zero-order valence-corrected chi connectivity index (χ0v) is 12.1. The lowest BCUT2D eigenvalue weighted by Gasteiger charge is -2.25. The van der Waals surface area contributed by atoms with Gasteiger partial charge in [0.15, 0.2) is 0 Å². The van der Waals surface area contributed by atoms with E-state index in [0.717, 1.165) is 15.3 Å². The van der Waals surface area contributed by atoms with Crippen LogP contribution in [0, 0.1) is 11.3 Å². The number of rotatable bonds is 1. The molecule has 3 rings (SSSR count). The molecule has 6 nitrogen and oxygen atoms in total. The molecule has 0 fully saturated rings. The normalized spacial score (nSPS) is 17.1. The third-order valence-electron chi connectivity index (χ3n) is 3.61. The van der Waals surface area contributed by atoms with Crippen molar-refractivity contribution >= 4 is 34.1 Å². The maximum Gasteiger partial charge on any atom is 0.258 e. The van der Waals surface area contributed by atoms with E-state index in [2.05, 4.69) is 6.07 Å². The summed E-state index contributed by atoms with van der Waals surface area (Å²) in [5.74, 6) is -0.888. The van der Waals surface area contributed by atoms with Crippen LogP contribution in [0.25, 0.3) is 0 Å². The standard InChI is InChI=1S/C14H11N3O3S/c1-8(18)16-5-4-9-10(6-15)14(21-11(9)7-16)17-12(19)2-3-13(17)20/h2-3H,4-5,7H2,1H3. The van der Waals surface area contributed by atoms with Crippen LogP contribution in [0.3, 0.4) is 0 Å². The van der Waals surface area contributed by atoms with Crippen molar-refractivity contribution in [2.75, 3.05) is 11.4 Å². The maximum atomic E-state index is 11.8. The van der Waals surface area contributed by atoms with Gasteiger partial charge >= 0.3 is 0 Å². The third kappa shape index (κ3) is 2.04. The number of hydrogen-bond acceptors (Lipinski definition) is 5. The van der Waals surface area contributed by atoms with E-state index in [9.17, 15) is 19.6 Å². The molecule has 0 bridgehead atoms. The fourth-order valence-electron chi connectivity index (χ4n) is 2.53. The average molecular weight is 301 g/mol. The van der Waals surface area contributed by atoms with E-state index in [1.165, 1.54) is 30.4 Å². The average Bonchev–Trinajstić information content (AvgIpc) is 2.97. The molecule has 2 aliphatic rings. The van der Waals surface area contributed by atoms with Crippen LogP contribution in [-0.2, 0) is 27.3 Å². The molecule has 2 aliphatic heterocycles. The largest absolute Gasteiger partial charge is 0.337 e. The first-order valence-electron chi connectivity index (χ1n) is 6.39. The van der Waals surface area contributed by atoms with E-state index in [-0.39, 0.29) is 5.91 Å². The van der Waals surface area contributed by atoms with Gasteiger partial charge in [0.2, 0.25) is 5.91 Å². The minimum Gasteiger partial charge on any atom is -0.337 e. The third-order valence-corrected chi connectivity index (χ3v) is 4.81. The van der Waals surface area contributed by atoms with E-state index in [0.29, 0.717) is 30.1 Å². The Morgan fingerprint density at radius 3 is 2.57 bits per heavy atom. The number of amides is 3. The Morgan fingerprint density at radius 2 is 2.00 bits per heavy atom. The molecule has 1 aromatic rings. The number of imide groups is 1. The molecule has 0 saturated carbocycles. The number of carbonyl (C=O) groups excluding carboxylic acids is 3. The second kappa shape index (κ2) is 4.82. The van der Waals surface area contributed by atoms with Gasteiger partial charge in [0.25, 0.3) is 11.8 Å². The van der Waals surface area contributed by atoms with Crippen molar-refractivity contribution in [3.63, 3.8) is 0 Å². The van der Waals surface area contributed by atoms with Gasteiger partial charge in [-0.15, -0.1) is 11.3 Å². The number of thiophene rings is 1. The predicted octanol–water partition coefficient (Wildman–Crippen LogP) is 0.954. The van der Waals surface area contributed by atoms with Gasteiger partial charge in [-0.2, -0.15) is 5.26 Å². The Balaban J connectivity index is 2.05. The van der Waals surface area contributed by atoms with Crippen molar-refractivity contribution in [2.45, 2.75) is 19.9 Å². The highest BCUT2D eigenvalue weighted by Crippen LogP contribution is 2.39. The maximum absolute atomic E-state index is 11.8. The Hall–Kier alpha value is -2.46. The molecule has 0 aliphatic carbocycles. The zero-order valence-electron chi connectivity index (χ0n) is 11.3. The molecule has 3 amide bonds. The minimum absolute atomic E-state index is 0.0240. The topological polar surface area (TPSA) is 81.5 Å². The summed E-state index contributed by atoms with van der Waals surface area (Å²) in [5.41, 5.74) is 1.23. The van der Waals surface area contributed by atoms with Crippen LogP contribution in [-0.4, -0.2) is 29.2 Å². The summed E-state index contributed by atoms with van der Waals surface area (Å²) in [6.45, 7) is 2.48. The predicted molar refractivity (Wildman–Crippen MR) is 75.5 cm³/mol. The van der Waals surface area contributed by atoms with Crippen LogP contribution in [0.15, 0.2) is 12.2 Å². The zero-order chi connectivity index (χ0) is 15.1. The van der Waals surface area contributed by atoms with Crippen LogP contribution in [0.5, 0.6) is 0 Å². The van der Waals surface area contributed by atoms with Gasteiger partial charge in [-0.05, 0) is 12.0 Å². The molecule has 0 unspecified atom stereocenters. The lowest BCUT2D eigenvalue weighted by molar-refractivity contribution is -0.129. The molecular weight excluding hydrogens is 290 g/mol. The quantitative estimate of drug-likeness (QED) is 0.723. The lowest BCUT2D eigenvalue weighted by Crippen LogP contribution is -2.33. The molecule has 21 heavy (non-hydrogen) atoms. The molecule has 0 saturated heterocycles. The van der Waals surface area contributed by atoms with E-state index < -0.39 is 11.8 Å². The molecule has 0 spiro atoms. The number of nitriles is 1. The summed E-state index contributed by atoms with van der Waals surface area (Å²) < 4.78 is 0. The highest BCUT2D eigenvalue weighted by atomic mass is 32.1. The lowest BCUT2D eigenvalue weighted by atomic mass is 10.0. The van der Waals surface area contributed by atoms with Crippen LogP contribution < -0.4 is 4.90 Å². The molecule has 0 atom stereocenters. The van der Waals surface area contributed by atoms with Crippen molar-refractivity contribution in [3.8, 4) is 6.07 Å². The van der Waals surface area contributed by atoms with Crippen molar-refractivity contribution in [1.82, 2.24) is 4.90 Å². The minimum atomic E-state index is -0.432. The second-order valence-corrected chi connectivity index (χ2v) is 5.92. The molecule has 7 heteroatoms. The second-order valence-electron chi connectivity index (χ2n) is 4.83. The van der Waals surface area contributed by atoms with Crippen LogP contribution in [0.2, 0.25) is 0 Å². The number of fused-ring (bicyclic) bond motifs is 1. The van der Waals surface area contributed by atoms with Gasteiger partial charge in [0.05, 0.1) is 12.1 Å². The molecule has 106 valence electrons. The molecule has 3 heterocycles. The van der Waals surface area contributed by atoms with Crippen molar-refractivity contribution < 1.29 is 14.4 Å². The van der Waals surface area contributed by atoms with E-state index in [1.807, 2.05) is 0 Å². The first-order valence-corrected chi connectivity index (χ1v) is 7.21. The van der Waals surface area contributed by atoms with E-state index in [4.69, 9.17) is 0 Å². The van der Waals surface area contributed by atoms with Gasteiger partial charge in [-0.25, -0.2) is 4.90 Å². The van der Waals surface area contributed by atoms with Crippen molar-refractivity contribution in [2.24, 2.45) is 0 Å². The van der Waals surface area contributed by atoms with E-state index >= 15 is 0 Å². The summed E-state index contributed by atoms with van der Waals surface area (Å²) in [7, 11) is 0. The van der Waals surface area contributed by atoms with Crippen LogP contribution >= 0.6 is 11.3 Å². The Morgan fingerprint density at radius 1 is 1.33 bits per heavy atom. The molecule has 0 N–H and O–H groups in total. The van der Waals surface area contributed by atoms with Crippen molar-refractivity contribution in [3.05, 3.63) is 28.2 Å². The molecule has 0 aromatic carbocycles. The summed E-state index contributed by atoms with van der Waals surface area (Å²) in [6.07, 6.45) is 2.96. The van der Waals surface area contributed by atoms with Crippen LogP contribution in [0.4, 0.5) is 5.00 Å². The number of anilines is 1. The van der Waals surface area contributed by atoms with Gasteiger partial charge < -0.3 is 4.90 Å². The summed E-state index contributed by atoms with van der Waals surface area (Å²) in [5, 5.41) is 9.75. The van der Waals surface area contributed by atoms with Gasteiger partial charge in [0, 0.05) is 30.5 Å². The molecule has 0 radical (unpaired) electrons.